The van der Waals surface area contributed by atoms with Gasteiger partial charge in [0, 0.05) is 18.1 Å². The van der Waals surface area contributed by atoms with Gasteiger partial charge in [-0.3, -0.25) is 16.2 Å². The fourth-order valence-corrected chi connectivity index (χ4v) is 3.24. The predicted octanol–water partition coefficient (Wildman–Crippen LogP) is 1.25. The molecule has 0 spiro atoms. The smallest absolute Gasteiger partial charge is 0.0240 e. The molecular weight excluding hydrogens is 174 g/mol. The molecule has 3 nitrogen and oxygen atoms in total. The number of nitrogens with one attached hydrogen (secondary N) is 1. The zero-order valence-electron chi connectivity index (χ0n) is 9.21. The molecule has 2 aliphatic heterocycles. The molecule has 0 radical (unpaired) electrons. The number of hydrogen-bond donors (Lipinski definition) is 2. The summed E-state index contributed by atoms with van der Waals surface area (Å²) in [6, 6.07) is 2.19. The molecule has 2 bridgehead atoms. The predicted molar refractivity (Wildman–Crippen MR) is 58.8 cm³/mol. The minimum Gasteiger partial charge on any atom is -0.297 e. The van der Waals surface area contributed by atoms with E-state index in [1.54, 1.807) is 0 Å². The van der Waals surface area contributed by atoms with Gasteiger partial charge in [0.15, 0.2) is 0 Å². The van der Waals surface area contributed by atoms with Crippen molar-refractivity contribution in [3.8, 4) is 0 Å². The molecule has 2 saturated heterocycles. The summed E-state index contributed by atoms with van der Waals surface area (Å²) in [5, 5.41) is 0. The minimum absolute atomic E-state index is 0.568. The summed E-state index contributed by atoms with van der Waals surface area (Å²) in [5.41, 5.74) is 2.97. The Bertz CT molecular complexity index is 169. The van der Waals surface area contributed by atoms with E-state index in [0.717, 1.165) is 12.1 Å². The van der Waals surface area contributed by atoms with Crippen molar-refractivity contribution in [2.24, 2.45) is 5.84 Å². The molecule has 2 atom stereocenters. The highest BCUT2D eigenvalue weighted by Gasteiger charge is 2.36. The molecule has 3 heteroatoms. The lowest BCUT2D eigenvalue weighted by molar-refractivity contribution is 0.0248. The van der Waals surface area contributed by atoms with E-state index in [9.17, 15) is 0 Å². The summed E-state index contributed by atoms with van der Waals surface area (Å²) < 4.78 is 0. The van der Waals surface area contributed by atoms with Gasteiger partial charge in [-0.05, 0) is 38.6 Å². The highest BCUT2D eigenvalue weighted by Crippen LogP contribution is 2.33. The Kier molecular flexibility index (Phi) is 3.42. The number of nitrogens with zero attached hydrogens (tertiary/aromatic N) is 1. The highest BCUT2D eigenvalue weighted by molar-refractivity contribution is 4.94. The number of nitrogens with two attached hydrogens (primary N) is 1. The third-order valence-electron chi connectivity index (χ3n) is 3.84. The van der Waals surface area contributed by atoms with E-state index in [4.69, 9.17) is 5.84 Å². The van der Waals surface area contributed by atoms with Gasteiger partial charge in [-0.1, -0.05) is 13.3 Å². The summed E-state index contributed by atoms with van der Waals surface area (Å²) in [5.74, 6) is 5.56. The van der Waals surface area contributed by atoms with Crippen LogP contribution in [-0.4, -0.2) is 29.6 Å². The minimum atomic E-state index is 0.568. The first kappa shape index (κ1) is 10.4. The Morgan fingerprint density at radius 2 is 1.93 bits per heavy atom. The van der Waals surface area contributed by atoms with Gasteiger partial charge in [0.25, 0.3) is 0 Å². The van der Waals surface area contributed by atoms with E-state index in [2.05, 4.69) is 17.2 Å². The molecule has 2 fully saturated rings. The molecular formula is C11H23N3. The molecule has 3 N–H and O–H groups in total. The molecule has 0 saturated carbocycles. The van der Waals surface area contributed by atoms with E-state index < -0.39 is 0 Å². The van der Waals surface area contributed by atoms with Crippen LogP contribution in [0.1, 0.15) is 45.4 Å². The van der Waals surface area contributed by atoms with Crippen LogP contribution in [0.4, 0.5) is 0 Å². The number of hydrazine groups is 1. The standard InChI is InChI=1S/C11H23N3/c1-2-6-14-10-4-3-5-11(14)8-9(7-10)13-12/h9-11,13H,2-8,12H2,1H3. The molecule has 0 amide bonds. The Morgan fingerprint density at radius 3 is 2.43 bits per heavy atom. The second kappa shape index (κ2) is 4.60. The van der Waals surface area contributed by atoms with Crippen molar-refractivity contribution in [3.05, 3.63) is 0 Å². The monoisotopic (exact) mass is 197 g/mol. The average molecular weight is 197 g/mol. The summed E-state index contributed by atoms with van der Waals surface area (Å²) >= 11 is 0. The summed E-state index contributed by atoms with van der Waals surface area (Å²) in [6.07, 6.45) is 7.99. The van der Waals surface area contributed by atoms with Gasteiger partial charge in [-0.2, -0.15) is 0 Å². The van der Waals surface area contributed by atoms with Crippen molar-refractivity contribution in [1.29, 1.82) is 0 Å². The molecule has 2 unspecified atom stereocenters. The van der Waals surface area contributed by atoms with E-state index in [1.807, 2.05) is 0 Å². The zero-order chi connectivity index (χ0) is 9.97. The first-order valence-electron chi connectivity index (χ1n) is 6.07. The van der Waals surface area contributed by atoms with E-state index in [1.165, 1.54) is 45.1 Å². The van der Waals surface area contributed by atoms with Crippen molar-refractivity contribution < 1.29 is 0 Å². The van der Waals surface area contributed by atoms with E-state index in [0.29, 0.717) is 6.04 Å². The second-order valence-electron chi connectivity index (χ2n) is 4.81. The van der Waals surface area contributed by atoms with Crippen molar-refractivity contribution in [3.63, 3.8) is 0 Å². The van der Waals surface area contributed by atoms with Crippen molar-refractivity contribution in [2.75, 3.05) is 6.54 Å². The maximum atomic E-state index is 5.56. The summed E-state index contributed by atoms with van der Waals surface area (Å²) in [4.78, 5) is 2.73. The Labute approximate surface area is 87.0 Å². The molecule has 2 heterocycles. The average Bonchev–Trinajstić information content (AvgIpc) is 2.17. The van der Waals surface area contributed by atoms with Gasteiger partial charge in [0.05, 0.1) is 0 Å². The number of rotatable bonds is 3. The quantitative estimate of drug-likeness (QED) is 0.528. The maximum Gasteiger partial charge on any atom is 0.0240 e. The topological polar surface area (TPSA) is 41.3 Å². The lowest BCUT2D eigenvalue weighted by atomic mass is 9.82. The normalized spacial score (nSPS) is 38.6. The number of piperidine rings is 2. The summed E-state index contributed by atoms with van der Waals surface area (Å²) in [7, 11) is 0. The van der Waals surface area contributed by atoms with E-state index in [-0.39, 0.29) is 0 Å². The second-order valence-corrected chi connectivity index (χ2v) is 4.81. The third-order valence-corrected chi connectivity index (χ3v) is 3.84. The molecule has 82 valence electrons. The van der Waals surface area contributed by atoms with Crippen LogP contribution in [0.25, 0.3) is 0 Å². The Balaban J connectivity index is 1.99. The molecule has 0 aromatic carbocycles. The molecule has 0 aromatic heterocycles. The van der Waals surface area contributed by atoms with Crippen molar-refractivity contribution in [2.45, 2.75) is 63.6 Å². The van der Waals surface area contributed by atoms with Gasteiger partial charge >= 0.3 is 0 Å². The van der Waals surface area contributed by atoms with Gasteiger partial charge in [-0.15, -0.1) is 0 Å². The number of hydrogen-bond acceptors (Lipinski definition) is 3. The lowest BCUT2D eigenvalue weighted by Gasteiger charge is -2.48. The fourth-order valence-electron chi connectivity index (χ4n) is 3.24. The van der Waals surface area contributed by atoms with Gasteiger partial charge in [-0.25, -0.2) is 0 Å². The molecule has 0 aliphatic carbocycles. The van der Waals surface area contributed by atoms with Crippen LogP contribution >= 0.6 is 0 Å². The number of fused-ring (bicyclic) bond motifs is 2. The van der Waals surface area contributed by atoms with E-state index >= 15 is 0 Å². The molecule has 2 rings (SSSR count). The first-order valence-corrected chi connectivity index (χ1v) is 6.07. The third kappa shape index (κ3) is 1.95. The van der Waals surface area contributed by atoms with Crippen molar-refractivity contribution in [1.82, 2.24) is 10.3 Å². The highest BCUT2D eigenvalue weighted by atomic mass is 15.3. The lowest BCUT2D eigenvalue weighted by Crippen LogP contribution is -2.57. The van der Waals surface area contributed by atoms with Gasteiger partial charge in [0.1, 0.15) is 0 Å². The summed E-state index contributed by atoms with van der Waals surface area (Å²) in [6.45, 7) is 3.57. The van der Waals surface area contributed by atoms with Crippen LogP contribution in [0.15, 0.2) is 0 Å². The van der Waals surface area contributed by atoms with Gasteiger partial charge < -0.3 is 0 Å². The van der Waals surface area contributed by atoms with Crippen LogP contribution in [0.5, 0.6) is 0 Å². The van der Waals surface area contributed by atoms with Crippen LogP contribution in [0, 0.1) is 0 Å². The fraction of sp³-hybridized carbons (Fsp3) is 1.00. The van der Waals surface area contributed by atoms with Crippen LogP contribution in [0.2, 0.25) is 0 Å². The van der Waals surface area contributed by atoms with Crippen LogP contribution in [0.3, 0.4) is 0 Å². The maximum absolute atomic E-state index is 5.56. The first-order chi connectivity index (χ1) is 6.85. The molecule has 0 aromatic rings. The zero-order valence-corrected chi connectivity index (χ0v) is 9.21. The van der Waals surface area contributed by atoms with Crippen molar-refractivity contribution >= 4 is 0 Å². The Morgan fingerprint density at radius 1 is 1.29 bits per heavy atom. The molecule has 14 heavy (non-hydrogen) atoms. The molecule has 2 aliphatic rings. The van der Waals surface area contributed by atoms with Crippen LogP contribution in [-0.2, 0) is 0 Å². The van der Waals surface area contributed by atoms with Crippen LogP contribution < -0.4 is 11.3 Å². The largest absolute Gasteiger partial charge is 0.297 e. The van der Waals surface area contributed by atoms with Gasteiger partial charge in [0.2, 0.25) is 0 Å². The Hall–Kier alpha value is -0.120. The SMILES string of the molecule is CCCN1C2CCCC1CC(NN)C2.